The number of anilines is 2. The highest BCUT2D eigenvalue weighted by Gasteiger charge is 1.81. The van der Waals surface area contributed by atoms with Crippen LogP contribution in [0.2, 0.25) is 0 Å². The van der Waals surface area contributed by atoms with Crippen LogP contribution in [0.5, 0.6) is 0 Å². The van der Waals surface area contributed by atoms with E-state index in [1.807, 2.05) is 6.07 Å². The van der Waals surface area contributed by atoms with Crippen molar-refractivity contribution >= 4 is 11.4 Å². The molecule has 0 radical (unpaired) electrons. The van der Waals surface area contributed by atoms with E-state index in [2.05, 4.69) is 0 Å². The zero-order valence-electron chi connectivity index (χ0n) is 6.18. The first-order valence-corrected chi connectivity index (χ1v) is 2.60. The average molecular weight is 176 g/mol. The summed E-state index contributed by atoms with van der Waals surface area (Å²) in [5, 5.41) is 12.0. The first-order chi connectivity index (χ1) is 4.79. The SMILES string of the molecule is F.F.N#N.Nc1cccc(N)c1. The number of nitrogen functional groups attached to an aromatic ring is 2. The minimum absolute atomic E-state index is 0. The summed E-state index contributed by atoms with van der Waals surface area (Å²) >= 11 is 0. The minimum Gasteiger partial charge on any atom is -0.399 e. The van der Waals surface area contributed by atoms with Crippen molar-refractivity contribution in [2.24, 2.45) is 0 Å². The highest BCUT2D eigenvalue weighted by Crippen LogP contribution is 2.06. The molecule has 0 aliphatic rings. The van der Waals surface area contributed by atoms with E-state index >= 15 is 0 Å². The molecule has 6 heteroatoms. The molecule has 0 amide bonds. The summed E-state index contributed by atoms with van der Waals surface area (Å²) in [4.78, 5) is 0. The van der Waals surface area contributed by atoms with Crippen LogP contribution in [-0.4, -0.2) is 0 Å². The van der Waals surface area contributed by atoms with E-state index in [0.717, 1.165) is 0 Å². The van der Waals surface area contributed by atoms with E-state index in [-0.39, 0.29) is 9.41 Å². The number of halogens is 2. The molecule has 0 unspecified atom stereocenters. The van der Waals surface area contributed by atoms with E-state index in [4.69, 9.17) is 22.3 Å². The molecule has 0 fully saturated rings. The first kappa shape index (κ1) is 16.6. The molecule has 0 spiro atoms. The molecule has 12 heavy (non-hydrogen) atoms. The first-order valence-electron chi connectivity index (χ1n) is 2.60. The monoisotopic (exact) mass is 176 g/mol. The van der Waals surface area contributed by atoms with Gasteiger partial charge in [-0.2, -0.15) is 0 Å². The van der Waals surface area contributed by atoms with Gasteiger partial charge in [-0.25, -0.2) is 0 Å². The van der Waals surface area contributed by atoms with Crippen molar-refractivity contribution in [3.05, 3.63) is 24.3 Å². The van der Waals surface area contributed by atoms with Gasteiger partial charge in [-0.05, 0) is 18.2 Å². The lowest BCUT2D eigenvalue weighted by Crippen LogP contribution is -1.87. The van der Waals surface area contributed by atoms with Gasteiger partial charge < -0.3 is 11.5 Å². The lowest BCUT2D eigenvalue weighted by atomic mass is 10.3. The molecule has 4 N–H and O–H groups in total. The van der Waals surface area contributed by atoms with Crippen LogP contribution in [-0.2, 0) is 0 Å². The van der Waals surface area contributed by atoms with E-state index < -0.39 is 0 Å². The number of benzene rings is 1. The molecule has 0 saturated heterocycles. The van der Waals surface area contributed by atoms with Crippen molar-refractivity contribution in [1.82, 2.24) is 0 Å². The molecular weight excluding hydrogens is 166 g/mol. The summed E-state index contributed by atoms with van der Waals surface area (Å²) in [6, 6.07) is 7.15. The predicted molar refractivity (Wildman–Crippen MR) is 43.7 cm³/mol. The van der Waals surface area contributed by atoms with Gasteiger partial charge in [-0.15, -0.1) is 0 Å². The molecule has 0 aliphatic carbocycles. The largest absolute Gasteiger partial charge is 0.399 e. The van der Waals surface area contributed by atoms with Gasteiger partial charge >= 0.3 is 0 Å². The van der Waals surface area contributed by atoms with Crippen molar-refractivity contribution in [2.45, 2.75) is 0 Å². The Morgan fingerprint density at radius 1 is 0.917 bits per heavy atom. The summed E-state index contributed by atoms with van der Waals surface area (Å²) < 4.78 is 0. The second-order valence-corrected chi connectivity index (χ2v) is 1.67. The quantitative estimate of drug-likeness (QED) is 0.458. The molecule has 1 aromatic carbocycles. The highest BCUT2D eigenvalue weighted by atomic mass is 19.0. The number of hydrogen-bond donors (Lipinski definition) is 2. The second-order valence-electron chi connectivity index (χ2n) is 1.67. The zero-order chi connectivity index (χ0) is 7.98. The lowest BCUT2D eigenvalue weighted by molar-refractivity contribution is 1.11. The second kappa shape index (κ2) is 9.10. The van der Waals surface area contributed by atoms with Crippen LogP contribution in [0.25, 0.3) is 0 Å². The molecule has 1 aromatic rings. The van der Waals surface area contributed by atoms with E-state index in [0.29, 0.717) is 11.4 Å². The molecule has 68 valence electrons. The third-order valence-corrected chi connectivity index (χ3v) is 0.911. The molecule has 4 nitrogen and oxygen atoms in total. The normalized spacial score (nSPS) is 6.17. The van der Waals surface area contributed by atoms with Crippen LogP contribution in [0.4, 0.5) is 20.8 Å². The number of nitrogens with two attached hydrogens (primary N) is 2. The van der Waals surface area contributed by atoms with Crippen molar-refractivity contribution in [3.8, 4) is 0 Å². The number of nitrogens with zero attached hydrogens (tertiary/aromatic N) is 2. The van der Waals surface area contributed by atoms with Crippen LogP contribution < -0.4 is 11.5 Å². The molecule has 0 saturated carbocycles. The van der Waals surface area contributed by atoms with E-state index in [1.165, 1.54) is 0 Å². The Bertz CT molecular complexity index is 209. The fraction of sp³-hybridized carbons (Fsp3) is 0. The molecule has 1 rings (SSSR count). The van der Waals surface area contributed by atoms with Crippen LogP contribution in [0.15, 0.2) is 24.3 Å². The predicted octanol–water partition coefficient (Wildman–Crippen LogP) is 1.19. The highest BCUT2D eigenvalue weighted by molar-refractivity contribution is 5.50. The minimum atomic E-state index is 0. The zero-order valence-corrected chi connectivity index (χ0v) is 6.18. The molecular formula is C6H10F2N4. The van der Waals surface area contributed by atoms with Gasteiger partial charge in [-0.3, -0.25) is 9.41 Å². The van der Waals surface area contributed by atoms with Crippen molar-refractivity contribution in [3.63, 3.8) is 0 Å². The smallest absolute Gasteiger partial charge is 0.0334 e. The van der Waals surface area contributed by atoms with Crippen LogP contribution in [0.3, 0.4) is 0 Å². The van der Waals surface area contributed by atoms with Crippen molar-refractivity contribution in [1.29, 1.82) is 10.8 Å². The summed E-state index contributed by atoms with van der Waals surface area (Å²) in [6.07, 6.45) is 0. The lowest BCUT2D eigenvalue weighted by Gasteiger charge is -1.91. The standard InChI is InChI=1S/C6H8N2.2FH.N2/c7-5-2-1-3-6(8)4-5;;;1-2/h1-4H,7-8H2;2*1H;. The summed E-state index contributed by atoms with van der Waals surface area (Å²) in [5.41, 5.74) is 12.2. The molecule has 0 aromatic heterocycles. The fourth-order valence-corrected chi connectivity index (χ4v) is 0.559. The van der Waals surface area contributed by atoms with Crippen molar-refractivity contribution in [2.75, 3.05) is 11.5 Å². The maximum Gasteiger partial charge on any atom is 0.0334 e. The molecule has 0 bridgehead atoms. The Balaban J connectivity index is -0.000000189. The maximum absolute atomic E-state index is 6.00. The summed E-state index contributed by atoms with van der Waals surface area (Å²) in [6.45, 7) is 0. The third-order valence-electron chi connectivity index (χ3n) is 0.911. The van der Waals surface area contributed by atoms with Gasteiger partial charge in [0.15, 0.2) is 0 Å². The van der Waals surface area contributed by atoms with Crippen LogP contribution in [0, 0.1) is 10.8 Å². The topological polar surface area (TPSA) is 99.6 Å². The fourth-order valence-electron chi connectivity index (χ4n) is 0.559. The van der Waals surface area contributed by atoms with Crippen LogP contribution >= 0.6 is 0 Å². The van der Waals surface area contributed by atoms with E-state index in [9.17, 15) is 0 Å². The third kappa shape index (κ3) is 6.22. The molecule has 0 heterocycles. The van der Waals surface area contributed by atoms with Gasteiger partial charge in [0.25, 0.3) is 0 Å². The van der Waals surface area contributed by atoms with Gasteiger partial charge in [0.2, 0.25) is 0 Å². The average Bonchev–Trinajstić information content (AvgIpc) is 1.91. The summed E-state index contributed by atoms with van der Waals surface area (Å²) in [7, 11) is 0. The number of hydrogen-bond acceptors (Lipinski definition) is 4. The summed E-state index contributed by atoms with van der Waals surface area (Å²) in [5.74, 6) is 0. The number of rotatable bonds is 0. The molecule has 0 aliphatic heterocycles. The Kier molecular flexibility index (Phi) is 12.6. The Hall–Kier alpha value is -1.90. The van der Waals surface area contributed by atoms with Gasteiger partial charge in [-0.1, -0.05) is 6.07 Å². The Morgan fingerprint density at radius 2 is 1.25 bits per heavy atom. The Labute approximate surface area is 68.3 Å². The molecule has 0 atom stereocenters. The van der Waals surface area contributed by atoms with Crippen LogP contribution in [0.1, 0.15) is 0 Å². The van der Waals surface area contributed by atoms with Crippen molar-refractivity contribution < 1.29 is 9.41 Å². The maximum atomic E-state index is 6.00. The Morgan fingerprint density at radius 3 is 1.42 bits per heavy atom. The van der Waals surface area contributed by atoms with Gasteiger partial charge in [0, 0.05) is 22.2 Å². The van der Waals surface area contributed by atoms with E-state index in [1.54, 1.807) is 18.2 Å². The van der Waals surface area contributed by atoms with Gasteiger partial charge in [0.1, 0.15) is 0 Å². The van der Waals surface area contributed by atoms with Gasteiger partial charge in [0.05, 0.1) is 0 Å².